The second-order valence-corrected chi connectivity index (χ2v) is 21.6. The van der Waals surface area contributed by atoms with E-state index in [-0.39, 0.29) is 49.6 Å². The highest BCUT2D eigenvalue weighted by Crippen LogP contribution is 2.35. The number of nitrogens with zero attached hydrogens (tertiary/aromatic N) is 12. The number of piperidine rings is 2. The first-order valence-electron chi connectivity index (χ1n) is 29.0. The van der Waals surface area contributed by atoms with Gasteiger partial charge in [0.15, 0.2) is 22.9 Å². The van der Waals surface area contributed by atoms with Crippen LogP contribution in [0.3, 0.4) is 0 Å². The number of benzene rings is 2. The van der Waals surface area contributed by atoms with Crippen molar-refractivity contribution in [2.75, 3.05) is 70.5 Å². The van der Waals surface area contributed by atoms with Crippen LogP contribution >= 0.6 is 0 Å². The Balaban J connectivity index is 0.000000181. The van der Waals surface area contributed by atoms with Gasteiger partial charge in [-0.3, -0.25) is 23.8 Å². The number of aromatic nitrogens is 8. The third kappa shape index (κ3) is 15.3. The summed E-state index contributed by atoms with van der Waals surface area (Å²) in [5.41, 5.74) is 18.1. The molecule has 5 fully saturated rings. The second kappa shape index (κ2) is 29.0. The molecular weight excluding hydrogens is 1060 g/mol. The molecule has 4 unspecified atom stereocenters. The molecule has 0 saturated carbocycles. The van der Waals surface area contributed by atoms with E-state index in [1.54, 1.807) is 32.8 Å². The standard InChI is InChI=1S/C33H41N7O6.C17H22N2.C11H15N5O2/c1-4-16-43-32(41)39-14-8-7-9-25(39)20-38(19-24-12-10-23(5-2)11-13-24)15-17-44-33(42)46-27-18-28(45-26(27)6-3)40-22-37-29-30(34)35-21-36-31(29)40;1-2-15-6-8-16(9-7-15)13-18-11-12-19-10-4-3-5-17(19)14-18;1-2-7-6(17)3-8(18-7)16-5-15-9-10(12)13-4-14-11(9)16/h2,4,10-13,21-22,25-28H,1,6-9,14-20H2,3H3,(H2,34,35,36);1,6-9,17H,3-5,10-14H2;4-8,17H,2-3H2,1H3,(H2,12,13,14)/t25?,26-,27?,28-;;6?,7-,8-/m1.1/s1. The number of aliphatic hydroxyl groups is 1. The molecule has 0 bridgehead atoms. The number of aliphatic hydroxyl groups excluding tert-OH is 1. The zero-order valence-corrected chi connectivity index (χ0v) is 47.7. The first-order chi connectivity index (χ1) is 40.4. The van der Waals surface area contributed by atoms with Crippen LogP contribution < -0.4 is 11.5 Å². The Kier molecular flexibility index (Phi) is 20.9. The maximum Gasteiger partial charge on any atom is 0.508 e. The number of imidazole rings is 2. The van der Waals surface area contributed by atoms with E-state index in [1.807, 2.05) is 50.2 Å². The van der Waals surface area contributed by atoms with Crippen LogP contribution in [0.2, 0.25) is 0 Å². The van der Waals surface area contributed by atoms with E-state index in [4.69, 9.17) is 48.0 Å². The summed E-state index contributed by atoms with van der Waals surface area (Å²) in [6, 6.07) is 17.0. The molecule has 2 aromatic carbocycles. The Morgan fingerprint density at radius 3 is 2.01 bits per heavy atom. The van der Waals surface area contributed by atoms with Crippen LogP contribution in [0.4, 0.5) is 21.2 Å². The summed E-state index contributed by atoms with van der Waals surface area (Å²) in [6.45, 7) is 16.1. The number of terminal acetylenes is 2. The van der Waals surface area contributed by atoms with Crippen LogP contribution in [-0.2, 0) is 36.8 Å². The molecular formula is C61H78N14O8. The number of rotatable bonds is 16. The van der Waals surface area contributed by atoms with Crippen molar-refractivity contribution in [3.05, 3.63) is 109 Å². The van der Waals surface area contributed by atoms with E-state index in [1.165, 1.54) is 63.7 Å². The first-order valence-corrected chi connectivity index (χ1v) is 29.0. The molecule has 22 nitrogen and oxygen atoms in total. The molecule has 4 aromatic heterocycles. The zero-order valence-electron chi connectivity index (χ0n) is 47.7. The minimum Gasteiger partial charge on any atom is -0.445 e. The van der Waals surface area contributed by atoms with Gasteiger partial charge in [0.1, 0.15) is 55.5 Å². The lowest BCUT2D eigenvalue weighted by molar-refractivity contribution is -0.0366. The maximum atomic E-state index is 12.9. The number of hydrogen-bond donors (Lipinski definition) is 3. The van der Waals surface area contributed by atoms with Crippen molar-refractivity contribution in [2.45, 2.75) is 140 Å². The minimum absolute atomic E-state index is 0.0410. The van der Waals surface area contributed by atoms with Crippen molar-refractivity contribution < 1.29 is 38.4 Å². The molecule has 440 valence electrons. The van der Waals surface area contributed by atoms with Crippen molar-refractivity contribution in [1.29, 1.82) is 0 Å². The number of likely N-dealkylation sites (tertiary alicyclic amines) is 1. The Labute approximate surface area is 485 Å². The Morgan fingerprint density at radius 1 is 0.771 bits per heavy atom. The molecule has 5 aliphatic rings. The number of amides is 1. The number of fused-ring (bicyclic) bond motifs is 3. The third-order valence-electron chi connectivity index (χ3n) is 16.1. The van der Waals surface area contributed by atoms with Crippen molar-refractivity contribution in [2.24, 2.45) is 0 Å². The van der Waals surface area contributed by atoms with Gasteiger partial charge in [-0.15, -0.1) is 12.8 Å². The molecule has 22 heteroatoms. The van der Waals surface area contributed by atoms with Gasteiger partial charge >= 0.3 is 12.2 Å². The molecule has 9 heterocycles. The second-order valence-electron chi connectivity index (χ2n) is 21.6. The Hall–Kier alpha value is -7.70. The molecule has 11 rings (SSSR count). The molecule has 8 atom stereocenters. The van der Waals surface area contributed by atoms with E-state index in [0.717, 1.165) is 55.0 Å². The number of piperazine rings is 1. The van der Waals surface area contributed by atoms with Gasteiger partial charge in [0, 0.05) is 88.4 Å². The fourth-order valence-corrected chi connectivity index (χ4v) is 11.7. The normalized spacial score (nSPS) is 23.5. The van der Waals surface area contributed by atoms with E-state index in [2.05, 4.69) is 75.2 Å². The summed E-state index contributed by atoms with van der Waals surface area (Å²) in [5, 5.41) is 9.87. The molecule has 83 heavy (non-hydrogen) atoms. The number of carbonyl (C=O) groups excluding carboxylic acids is 2. The van der Waals surface area contributed by atoms with Gasteiger partial charge in [-0.1, -0.05) is 69.0 Å². The van der Waals surface area contributed by atoms with Crippen molar-refractivity contribution in [3.8, 4) is 24.7 Å². The van der Waals surface area contributed by atoms with Crippen molar-refractivity contribution >= 4 is 46.2 Å². The quantitative estimate of drug-likeness (QED) is 0.0497. The van der Waals surface area contributed by atoms with Crippen LogP contribution in [0.15, 0.2) is 86.5 Å². The van der Waals surface area contributed by atoms with E-state index in [0.29, 0.717) is 73.6 Å². The van der Waals surface area contributed by atoms with Crippen LogP contribution in [0.1, 0.15) is 113 Å². The number of nitrogen functional groups attached to an aromatic ring is 2. The van der Waals surface area contributed by atoms with Gasteiger partial charge in [0.25, 0.3) is 0 Å². The predicted molar refractivity (Wildman–Crippen MR) is 314 cm³/mol. The molecule has 5 N–H and O–H groups in total. The summed E-state index contributed by atoms with van der Waals surface area (Å²) in [6.07, 6.45) is 24.6. The average Bonchev–Trinajstić information content (AvgIpc) is 4.54. The molecule has 5 aliphatic heterocycles. The number of anilines is 2. The molecule has 5 saturated heterocycles. The smallest absolute Gasteiger partial charge is 0.445 e. The van der Waals surface area contributed by atoms with Gasteiger partial charge in [0.2, 0.25) is 0 Å². The van der Waals surface area contributed by atoms with Crippen molar-refractivity contribution in [3.63, 3.8) is 0 Å². The van der Waals surface area contributed by atoms with Gasteiger partial charge in [-0.05, 0) is 86.9 Å². The summed E-state index contributed by atoms with van der Waals surface area (Å²) < 4.78 is 32.2. The summed E-state index contributed by atoms with van der Waals surface area (Å²) >= 11 is 0. The number of hydrogen-bond acceptors (Lipinski definition) is 19. The first kappa shape index (κ1) is 59.9. The van der Waals surface area contributed by atoms with E-state index >= 15 is 0 Å². The largest absolute Gasteiger partial charge is 0.508 e. The maximum absolute atomic E-state index is 12.9. The molecule has 0 radical (unpaired) electrons. The van der Waals surface area contributed by atoms with E-state index in [9.17, 15) is 14.7 Å². The highest BCUT2D eigenvalue weighted by molar-refractivity contribution is 5.82. The van der Waals surface area contributed by atoms with Crippen LogP contribution in [-0.4, -0.2) is 172 Å². The van der Waals surface area contributed by atoms with Crippen LogP contribution in [0, 0.1) is 24.7 Å². The molecule has 0 aliphatic carbocycles. The Bertz CT molecular complexity index is 3180. The van der Waals surface area contributed by atoms with Gasteiger partial charge in [0.05, 0.1) is 31.0 Å². The topological polar surface area (TPSA) is 253 Å². The molecule has 0 spiro atoms. The van der Waals surface area contributed by atoms with Gasteiger partial charge in [-0.25, -0.2) is 39.5 Å². The third-order valence-corrected chi connectivity index (χ3v) is 16.1. The fourth-order valence-electron chi connectivity index (χ4n) is 11.7. The zero-order chi connectivity index (χ0) is 58.2. The van der Waals surface area contributed by atoms with Gasteiger partial charge in [-0.2, -0.15) is 0 Å². The SMILES string of the molecule is C#Cc1ccc(CN(CCOC(=O)OC2C[C@H](n3cnc4c(N)ncnc43)O[C@@H]2CC)CC2CCCCN2C(=O)OCC=C)cc1.C#Cc1ccc(CN2CCN3CCCCC3C2)cc1.CC[C@H]1O[C@@H](n2cnc3c(N)ncnc32)CC1O. The van der Waals surface area contributed by atoms with Crippen LogP contribution in [0.25, 0.3) is 22.3 Å². The molecule has 1 amide bonds. The summed E-state index contributed by atoms with van der Waals surface area (Å²) in [7, 11) is 0. The number of ether oxygens (including phenoxy) is 5. The lowest BCUT2D eigenvalue weighted by atomic mass is 9.99. The van der Waals surface area contributed by atoms with Crippen molar-refractivity contribution in [1.82, 2.24) is 58.6 Å². The van der Waals surface area contributed by atoms with Crippen LogP contribution in [0.5, 0.6) is 0 Å². The predicted octanol–water partition coefficient (Wildman–Crippen LogP) is 7.09. The lowest BCUT2D eigenvalue weighted by Crippen LogP contribution is -2.54. The summed E-state index contributed by atoms with van der Waals surface area (Å²) in [5.74, 6) is 5.95. The highest BCUT2D eigenvalue weighted by atomic mass is 16.7. The Morgan fingerprint density at radius 2 is 1.39 bits per heavy atom. The lowest BCUT2D eigenvalue weighted by Gasteiger charge is -2.44. The van der Waals surface area contributed by atoms with Gasteiger partial charge < -0.3 is 45.2 Å². The number of carbonyl (C=O) groups is 2. The summed E-state index contributed by atoms with van der Waals surface area (Å²) in [4.78, 5) is 59.8. The molecule has 6 aromatic rings. The fraction of sp³-hybridized carbons (Fsp3) is 0.508. The highest BCUT2D eigenvalue weighted by Gasteiger charge is 2.40. The average molecular weight is 1140 g/mol. The monoisotopic (exact) mass is 1130 g/mol. The minimum atomic E-state index is -0.764. The van der Waals surface area contributed by atoms with E-state index < -0.39 is 24.6 Å². The number of nitrogens with two attached hydrogens (primary N) is 2.